The normalized spacial score (nSPS) is 11.0. The Morgan fingerprint density at radius 1 is 1.40 bits per heavy atom. The van der Waals surface area contributed by atoms with Gasteiger partial charge in [-0.05, 0) is 31.8 Å². The van der Waals surface area contributed by atoms with E-state index in [9.17, 15) is 4.39 Å². The van der Waals surface area contributed by atoms with Crippen LogP contribution in [0.3, 0.4) is 0 Å². The summed E-state index contributed by atoms with van der Waals surface area (Å²) in [4.78, 5) is 2.10. The van der Waals surface area contributed by atoms with E-state index in [0.29, 0.717) is 11.6 Å². The van der Waals surface area contributed by atoms with Crippen molar-refractivity contribution in [3.8, 4) is 0 Å². The van der Waals surface area contributed by atoms with Crippen LogP contribution in [0, 0.1) is 5.82 Å². The average molecular weight is 231 g/mol. The summed E-state index contributed by atoms with van der Waals surface area (Å²) in [6.07, 6.45) is 0. The third-order valence-corrected chi connectivity index (χ3v) is 2.42. The second-order valence-electron chi connectivity index (χ2n) is 3.72. The Morgan fingerprint density at radius 3 is 2.73 bits per heavy atom. The molecule has 1 rings (SSSR count). The fraction of sp³-hybridized carbons (Fsp3) is 0.455. The number of hydrogen-bond acceptors (Lipinski definition) is 2. The van der Waals surface area contributed by atoms with Gasteiger partial charge in [0.1, 0.15) is 5.82 Å². The van der Waals surface area contributed by atoms with Gasteiger partial charge in [-0.1, -0.05) is 17.7 Å². The number of nitrogens with one attached hydrogen (secondary N) is 1. The van der Waals surface area contributed by atoms with Crippen LogP contribution in [0.4, 0.5) is 4.39 Å². The molecule has 0 aliphatic carbocycles. The average Bonchev–Trinajstić information content (AvgIpc) is 2.14. The summed E-state index contributed by atoms with van der Waals surface area (Å²) in [5, 5.41) is 3.72. The Morgan fingerprint density at radius 2 is 2.13 bits per heavy atom. The molecule has 0 bridgehead atoms. The van der Waals surface area contributed by atoms with Crippen molar-refractivity contribution in [2.45, 2.75) is 6.54 Å². The monoisotopic (exact) mass is 230 g/mol. The van der Waals surface area contributed by atoms with Crippen molar-refractivity contribution in [1.29, 1.82) is 0 Å². The molecule has 84 valence electrons. The van der Waals surface area contributed by atoms with Gasteiger partial charge in [0.15, 0.2) is 0 Å². The van der Waals surface area contributed by atoms with Crippen LogP contribution in [-0.4, -0.2) is 32.1 Å². The van der Waals surface area contributed by atoms with E-state index in [2.05, 4.69) is 10.2 Å². The number of halogens is 2. The summed E-state index contributed by atoms with van der Waals surface area (Å²) in [6.45, 7) is 2.53. The summed E-state index contributed by atoms with van der Waals surface area (Å²) < 4.78 is 12.7. The summed E-state index contributed by atoms with van der Waals surface area (Å²) in [5.74, 6) is -0.294. The number of hydrogen-bond donors (Lipinski definition) is 1. The Labute approximate surface area is 95.0 Å². The lowest BCUT2D eigenvalue weighted by Gasteiger charge is -2.10. The van der Waals surface area contributed by atoms with Crippen LogP contribution in [0.5, 0.6) is 0 Å². The topological polar surface area (TPSA) is 15.3 Å². The molecule has 1 aromatic carbocycles. The molecule has 0 radical (unpaired) electrons. The lowest BCUT2D eigenvalue weighted by atomic mass is 10.2. The third kappa shape index (κ3) is 4.60. The lowest BCUT2D eigenvalue weighted by Crippen LogP contribution is -2.26. The zero-order chi connectivity index (χ0) is 11.3. The maximum atomic E-state index is 12.7. The highest BCUT2D eigenvalue weighted by molar-refractivity contribution is 6.31. The predicted molar refractivity (Wildman–Crippen MR) is 61.7 cm³/mol. The van der Waals surface area contributed by atoms with Crippen LogP contribution in [0.1, 0.15) is 5.56 Å². The summed E-state index contributed by atoms with van der Waals surface area (Å²) >= 11 is 5.88. The first-order valence-electron chi connectivity index (χ1n) is 4.89. The second-order valence-corrected chi connectivity index (χ2v) is 4.12. The van der Waals surface area contributed by atoms with E-state index in [1.54, 1.807) is 6.07 Å². The Hall–Kier alpha value is -0.640. The molecule has 0 aliphatic rings. The van der Waals surface area contributed by atoms with Gasteiger partial charge in [-0.3, -0.25) is 0 Å². The number of benzene rings is 1. The number of likely N-dealkylation sites (N-methyl/N-ethyl adjacent to an activating group) is 1. The van der Waals surface area contributed by atoms with Gasteiger partial charge in [0.2, 0.25) is 0 Å². The van der Waals surface area contributed by atoms with Crippen molar-refractivity contribution in [2.24, 2.45) is 0 Å². The van der Waals surface area contributed by atoms with Crippen molar-refractivity contribution in [3.05, 3.63) is 34.6 Å². The molecular formula is C11H16ClFN2. The molecule has 0 saturated carbocycles. The first kappa shape index (κ1) is 12.4. The van der Waals surface area contributed by atoms with Crippen LogP contribution in [-0.2, 0) is 6.54 Å². The Balaban J connectivity index is 2.37. The first-order valence-corrected chi connectivity index (χ1v) is 5.27. The standard InChI is InChI=1S/C11H16ClFN2/c1-15(2)6-5-14-8-9-3-4-10(13)7-11(9)12/h3-4,7,14H,5-6,8H2,1-2H3. The highest BCUT2D eigenvalue weighted by atomic mass is 35.5. The molecule has 4 heteroatoms. The minimum absolute atomic E-state index is 0.294. The van der Waals surface area contributed by atoms with Gasteiger partial charge in [0, 0.05) is 24.7 Å². The molecule has 0 aromatic heterocycles. The molecule has 0 saturated heterocycles. The molecule has 2 nitrogen and oxygen atoms in total. The van der Waals surface area contributed by atoms with E-state index in [0.717, 1.165) is 18.7 Å². The first-order chi connectivity index (χ1) is 7.09. The van der Waals surface area contributed by atoms with Crippen molar-refractivity contribution >= 4 is 11.6 Å². The molecule has 0 heterocycles. The van der Waals surface area contributed by atoms with Gasteiger partial charge in [-0.2, -0.15) is 0 Å². The van der Waals surface area contributed by atoms with Crippen molar-refractivity contribution < 1.29 is 4.39 Å². The molecule has 0 spiro atoms. The lowest BCUT2D eigenvalue weighted by molar-refractivity contribution is 0.400. The minimum atomic E-state index is -0.294. The van der Waals surface area contributed by atoms with Gasteiger partial charge in [0.25, 0.3) is 0 Å². The smallest absolute Gasteiger partial charge is 0.124 e. The zero-order valence-electron chi connectivity index (χ0n) is 9.06. The number of nitrogens with zero attached hydrogens (tertiary/aromatic N) is 1. The molecule has 1 N–H and O–H groups in total. The largest absolute Gasteiger partial charge is 0.311 e. The minimum Gasteiger partial charge on any atom is -0.311 e. The van der Waals surface area contributed by atoms with Crippen molar-refractivity contribution in [2.75, 3.05) is 27.2 Å². The number of rotatable bonds is 5. The second kappa shape index (κ2) is 6.05. The van der Waals surface area contributed by atoms with Crippen LogP contribution in [0.2, 0.25) is 5.02 Å². The van der Waals surface area contributed by atoms with Gasteiger partial charge in [-0.25, -0.2) is 4.39 Å². The Kier molecular flexibility index (Phi) is 5.02. The summed E-state index contributed by atoms with van der Waals surface area (Å²) in [5.41, 5.74) is 0.928. The van der Waals surface area contributed by atoms with Crippen LogP contribution < -0.4 is 5.32 Å². The van der Waals surface area contributed by atoms with Crippen molar-refractivity contribution in [3.63, 3.8) is 0 Å². The molecule has 0 atom stereocenters. The van der Waals surface area contributed by atoms with Crippen LogP contribution in [0.25, 0.3) is 0 Å². The molecule has 0 fully saturated rings. The SMILES string of the molecule is CN(C)CCNCc1ccc(F)cc1Cl. The summed E-state index contributed by atoms with van der Waals surface area (Å²) in [6, 6.07) is 4.47. The van der Waals surface area contributed by atoms with E-state index in [1.807, 2.05) is 14.1 Å². The fourth-order valence-electron chi connectivity index (χ4n) is 1.19. The third-order valence-electron chi connectivity index (χ3n) is 2.07. The van der Waals surface area contributed by atoms with Crippen LogP contribution in [0.15, 0.2) is 18.2 Å². The van der Waals surface area contributed by atoms with Gasteiger partial charge >= 0.3 is 0 Å². The molecule has 0 unspecified atom stereocenters. The maximum absolute atomic E-state index is 12.7. The van der Waals surface area contributed by atoms with E-state index in [1.165, 1.54) is 12.1 Å². The molecular weight excluding hydrogens is 215 g/mol. The van der Waals surface area contributed by atoms with Gasteiger partial charge in [-0.15, -0.1) is 0 Å². The molecule has 15 heavy (non-hydrogen) atoms. The Bertz CT molecular complexity index is 315. The highest BCUT2D eigenvalue weighted by Gasteiger charge is 2.01. The highest BCUT2D eigenvalue weighted by Crippen LogP contribution is 2.16. The van der Waals surface area contributed by atoms with Gasteiger partial charge in [0.05, 0.1) is 0 Å². The van der Waals surface area contributed by atoms with Crippen LogP contribution >= 0.6 is 11.6 Å². The molecule has 0 aliphatic heterocycles. The van der Waals surface area contributed by atoms with E-state index < -0.39 is 0 Å². The zero-order valence-corrected chi connectivity index (χ0v) is 9.81. The predicted octanol–water partition coefficient (Wildman–Crippen LogP) is 2.13. The van der Waals surface area contributed by atoms with E-state index in [-0.39, 0.29) is 5.82 Å². The maximum Gasteiger partial charge on any atom is 0.124 e. The fourth-order valence-corrected chi connectivity index (χ4v) is 1.42. The molecule has 1 aromatic rings. The molecule has 0 amide bonds. The van der Waals surface area contributed by atoms with Crippen molar-refractivity contribution in [1.82, 2.24) is 10.2 Å². The van der Waals surface area contributed by atoms with E-state index >= 15 is 0 Å². The quantitative estimate of drug-likeness (QED) is 0.780. The van der Waals surface area contributed by atoms with Gasteiger partial charge < -0.3 is 10.2 Å². The van der Waals surface area contributed by atoms with E-state index in [4.69, 9.17) is 11.6 Å². The summed E-state index contributed by atoms with van der Waals surface area (Å²) in [7, 11) is 4.04.